The standard InChI is InChI=1S/C17H19NO3/c1-2-20-17(19)16(18)14-9-6-10-15(11-14)21-12-13-7-4-3-5-8-13/h3-11,16H,2,12,18H2,1H3/p+1/t16-/m0/s1. The molecule has 0 fully saturated rings. The van der Waals surface area contributed by atoms with Gasteiger partial charge in [-0.1, -0.05) is 42.5 Å². The predicted octanol–water partition coefficient (Wildman–Crippen LogP) is 2.11. The molecule has 0 saturated carbocycles. The van der Waals surface area contributed by atoms with Crippen LogP contribution in [0.2, 0.25) is 0 Å². The maximum absolute atomic E-state index is 11.7. The highest BCUT2D eigenvalue weighted by Gasteiger charge is 2.21. The zero-order valence-electron chi connectivity index (χ0n) is 12.1. The van der Waals surface area contributed by atoms with E-state index in [4.69, 9.17) is 9.47 Å². The Morgan fingerprint density at radius 2 is 1.90 bits per heavy atom. The van der Waals surface area contributed by atoms with Gasteiger partial charge in [0.15, 0.2) is 0 Å². The summed E-state index contributed by atoms with van der Waals surface area (Å²) in [6.07, 6.45) is 0. The number of benzene rings is 2. The molecule has 0 aliphatic rings. The molecule has 2 aromatic rings. The summed E-state index contributed by atoms with van der Waals surface area (Å²) in [6.45, 7) is 2.63. The molecule has 21 heavy (non-hydrogen) atoms. The van der Waals surface area contributed by atoms with Crippen molar-refractivity contribution < 1.29 is 20.0 Å². The largest absolute Gasteiger partial charge is 0.489 e. The molecule has 0 unspecified atom stereocenters. The van der Waals surface area contributed by atoms with Gasteiger partial charge < -0.3 is 15.2 Å². The van der Waals surface area contributed by atoms with Crippen molar-refractivity contribution in [3.63, 3.8) is 0 Å². The van der Waals surface area contributed by atoms with Gasteiger partial charge in [0, 0.05) is 5.56 Å². The van der Waals surface area contributed by atoms with Gasteiger partial charge in [-0.05, 0) is 24.6 Å². The fraction of sp³-hybridized carbons (Fsp3) is 0.235. The minimum Gasteiger partial charge on any atom is -0.489 e. The molecule has 2 rings (SSSR count). The lowest BCUT2D eigenvalue weighted by atomic mass is 10.1. The Labute approximate surface area is 124 Å². The van der Waals surface area contributed by atoms with Gasteiger partial charge in [0.1, 0.15) is 12.4 Å². The number of ether oxygens (including phenoxy) is 2. The van der Waals surface area contributed by atoms with E-state index in [0.717, 1.165) is 11.1 Å². The van der Waals surface area contributed by atoms with E-state index in [-0.39, 0.29) is 5.97 Å². The third-order valence-corrected chi connectivity index (χ3v) is 3.08. The number of hydrogen-bond donors (Lipinski definition) is 1. The first-order valence-electron chi connectivity index (χ1n) is 6.97. The van der Waals surface area contributed by atoms with E-state index in [9.17, 15) is 4.79 Å². The molecule has 0 bridgehead atoms. The van der Waals surface area contributed by atoms with Crippen LogP contribution >= 0.6 is 0 Å². The smallest absolute Gasteiger partial charge is 0.369 e. The van der Waals surface area contributed by atoms with Crippen molar-refractivity contribution in [3.05, 3.63) is 65.7 Å². The lowest BCUT2D eigenvalue weighted by Gasteiger charge is -2.10. The number of rotatable bonds is 6. The molecule has 0 aliphatic heterocycles. The van der Waals surface area contributed by atoms with Crippen molar-refractivity contribution in [2.24, 2.45) is 0 Å². The van der Waals surface area contributed by atoms with Crippen molar-refractivity contribution >= 4 is 5.97 Å². The van der Waals surface area contributed by atoms with E-state index in [1.165, 1.54) is 0 Å². The fourth-order valence-electron chi connectivity index (χ4n) is 1.94. The van der Waals surface area contributed by atoms with Gasteiger partial charge in [0.25, 0.3) is 0 Å². The highest BCUT2D eigenvalue weighted by molar-refractivity contribution is 5.75. The fourth-order valence-corrected chi connectivity index (χ4v) is 1.94. The number of carbonyl (C=O) groups is 1. The minimum absolute atomic E-state index is 0.322. The molecule has 0 aromatic heterocycles. The Morgan fingerprint density at radius 1 is 1.14 bits per heavy atom. The average molecular weight is 286 g/mol. The van der Waals surface area contributed by atoms with E-state index >= 15 is 0 Å². The monoisotopic (exact) mass is 286 g/mol. The van der Waals surface area contributed by atoms with Crippen molar-refractivity contribution in [1.82, 2.24) is 0 Å². The van der Waals surface area contributed by atoms with Crippen LogP contribution in [0.15, 0.2) is 54.6 Å². The highest BCUT2D eigenvalue weighted by atomic mass is 16.5. The number of esters is 1. The van der Waals surface area contributed by atoms with Crippen LogP contribution in [-0.2, 0) is 16.1 Å². The predicted molar refractivity (Wildman–Crippen MR) is 79.5 cm³/mol. The number of carbonyl (C=O) groups excluding carboxylic acids is 1. The summed E-state index contributed by atoms with van der Waals surface area (Å²) in [6, 6.07) is 16.8. The van der Waals surface area contributed by atoms with E-state index in [1.54, 1.807) is 6.92 Å². The van der Waals surface area contributed by atoms with Gasteiger partial charge in [0.05, 0.1) is 6.61 Å². The molecule has 0 radical (unpaired) electrons. The SMILES string of the molecule is CCOC(=O)[C@@H]([NH3+])c1cccc(OCc2ccccc2)c1. The zero-order chi connectivity index (χ0) is 15.1. The second-order valence-electron chi connectivity index (χ2n) is 4.65. The molecule has 0 aliphatic carbocycles. The topological polar surface area (TPSA) is 63.2 Å². The Bertz CT molecular complexity index is 584. The first-order chi connectivity index (χ1) is 10.2. The van der Waals surface area contributed by atoms with Crippen LogP contribution in [0.5, 0.6) is 5.75 Å². The van der Waals surface area contributed by atoms with Crippen molar-refractivity contribution in [2.75, 3.05) is 6.61 Å². The Balaban J connectivity index is 2.02. The van der Waals surface area contributed by atoms with Crippen LogP contribution < -0.4 is 10.5 Å². The second kappa shape index (κ2) is 7.45. The third-order valence-electron chi connectivity index (χ3n) is 3.08. The van der Waals surface area contributed by atoms with Crippen molar-refractivity contribution in [2.45, 2.75) is 19.6 Å². The summed E-state index contributed by atoms with van der Waals surface area (Å²) in [5.41, 5.74) is 5.74. The van der Waals surface area contributed by atoms with Crippen molar-refractivity contribution in [1.29, 1.82) is 0 Å². The first kappa shape index (κ1) is 15.1. The summed E-state index contributed by atoms with van der Waals surface area (Å²) in [5, 5.41) is 0. The lowest BCUT2D eigenvalue weighted by molar-refractivity contribution is -0.414. The molecule has 3 N–H and O–H groups in total. The molecule has 0 amide bonds. The molecule has 0 heterocycles. The summed E-state index contributed by atoms with van der Waals surface area (Å²) >= 11 is 0. The van der Waals surface area contributed by atoms with Crippen LogP contribution in [0, 0.1) is 0 Å². The van der Waals surface area contributed by atoms with Gasteiger partial charge >= 0.3 is 5.97 Å². The molecule has 110 valence electrons. The molecular weight excluding hydrogens is 266 g/mol. The van der Waals surface area contributed by atoms with Gasteiger partial charge in [-0.2, -0.15) is 0 Å². The van der Waals surface area contributed by atoms with E-state index in [0.29, 0.717) is 19.0 Å². The summed E-state index contributed by atoms with van der Waals surface area (Å²) in [7, 11) is 0. The quantitative estimate of drug-likeness (QED) is 0.827. The molecule has 0 spiro atoms. The van der Waals surface area contributed by atoms with Gasteiger partial charge in [0.2, 0.25) is 6.04 Å². The summed E-state index contributed by atoms with van der Waals surface area (Å²) in [4.78, 5) is 11.7. The number of hydrogen-bond acceptors (Lipinski definition) is 3. The van der Waals surface area contributed by atoms with Crippen LogP contribution in [0.4, 0.5) is 0 Å². The minimum atomic E-state index is -0.537. The molecule has 4 heteroatoms. The normalized spacial score (nSPS) is 11.7. The molecular formula is C17H20NO3+. The lowest BCUT2D eigenvalue weighted by Crippen LogP contribution is -2.57. The Hall–Kier alpha value is -2.33. The molecule has 0 saturated heterocycles. The van der Waals surface area contributed by atoms with Crippen LogP contribution in [-0.4, -0.2) is 12.6 Å². The number of quaternary nitrogens is 1. The summed E-state index contributed by atoms with van der Waals surface area (Å²) in [5.74, 6) is 0.395. The average Bonchev–Trinajstić information content (AvgIpc) is 2.54. The van der Waals surface area contributed by atoms with E-state index < -0.39 is 6.04 Å². The van der Waals surface area contributed by atoms with Gasteiger partial charge in [-0.3, -0.25) is 0 Å². The maximum atomic E-state index is 11.7. The van der Waals surface area contributed by atoms with Crippen LogP contribution in [0.1, 0.15) is 24.1 Å². The van der Waals surface area contributed by atoms with Gasteiger partial charge in [-0.25, -0.2) is 4.79 Å². The Kier molecular flexibility index (Phi) is 5.35. The maximum Gasteiger partial charge on any atom is 0.369 e. The first-order valence-corrected chi connectivity index (χ1v) is 6.97. The van der Waals surface area contributed by atoms with Crippen molar-refractivity contribution in [3.8, 4) is 5.75 Å². The van der Waals surface area contributed by atoms with Crippen LogP contribution in [0.3, 0.4) is 0 Å². The van der Waals surface area contributed by atoms with E-state index in [1.807, 2.05) is 54.6 Å². The highest BCUT2D eigenvalue weighted by Crippen LogP contribution is 2.19. The van der Waals surface area contributed by atoms with E-state index in [2.05, 4.69) is 5.73 Å². The Morgan fingerprint density at radius 3 is 2.62 bits per heavy atom. The summed E-state index contributed by atoms with van der Waals surface area (Å²) < 4.78 is 10.7. The molecule has 2 aromatic carbocycles. The molecule has 1 atom stereocenters. The third kappa shape index (κ3) is 4.33. The molecule has 4 nitrogen and oxygen atoms in total. The van der Waals surface area contributed by atoms with Gasteiger partial charge in [-0.15, -0.1) is 0 Å². The van der Waals surface area contributed by atoms with Crippen LogP contribution in [0.25, 0.3) is 0 Å². The second-order valence-corrected chi connectivity index (χ2v) is 4.65. The zero-order valence-corrected chi connectivity index (χ0v) is 12.1.